The van der Waals surface area contributed by atoms with Crippen molar-refractivity contribution in [2.24, 2.45) is 0 Å². The number of anilines is 1. The van der Waals surface area contributed by atoms with E-state index in [1.54, 1.807) is 6.08 Å². The molecular weight excluding hydrogens is 276 g/mol. The van der Waals surface area contributed by atoms with Crippen LogP contribution in [0, 0.1) is 11.3 Å². The van der Waals surface area contributed by atoms with Crippen molar-refractivity contribution in [1.82, 2.24) is 0 Å². The third kappa shape index (κ3) is 4.41. The van der Waals surface area contributed by atoms with E-state index >= 15 is 0 Å². The van der Waals surface area contributed by atoms with E-state index in [4.69, 9.17) is 0 Å². The van der Waals surface area contributed by atoms with Gasteiger partial charge in [0.1, 0.15) is 11.1 Å². The van der Waals surface area contributed by atoms with Crippen LogP contribution in [0.2, 0.25) is 0 Å². The van der Waals surface area contributed by atoms with Gasteiger partial charge in [0, 0.05) is 5.75 Å². The first-order valence-corrected chi connectivity index (χ1v) is 7.94. The molecule has 19 heavy (non-hydrogen) atoms. The Morgan fingerprint density at radius 2 is 2.32 bits per heavy atom. The molecule has 0 bridgehead atoms. The number of carbonyl (C=O) groups excluding carboxylic acids is 1. The van der Waals surface area contributed by atoms with Crippen LogP contribution in [0.15, 0.2) is 18.0 Å². The summed E-state index contributed by atoms with van der Waals surface area (Å²) in [5.41, 5.74) is 1.47. The second kappa shape index (κ2) is 6.78. The summed E-state index contributed by atoms with van der Waals surface area (Å²) in [6.07, 6.45) is 1.77. The van der Waals surface area contributed by atoms with Gasteiger partial charge in [-0.25, -0.2) is 0 Å². The van der Waals surface area contributed by atoms with E-state index in [-0.39, 0.29) is 11.3 Å². The van der Waals surface area contributed by atoms with Crippen molar-refractivity contribution in [2.45, 2.75) is 26.2 Å². The third-order valence-corrected chi connectivity index (χ3v) is 4.27. The van der Waals surface area contributed by atoms with E-state index in [0.29, 0.717) is 16.3 Å². The molecule has 102 valence electrons. The molecule has 1 rings (SSSR count). The SMILES string of the molecule is C=CCSCC(=O)Nc1scc(C(C)(C)C)c1C#N. The summed E-state index contributed by atoms with van der Waals surface area (Å²) in [5, 5.41) is 14.7. The van der Waals surface area contributed by atoms with E-state index in [9.17, 15) is 10.1 Å². The topological polar surface area (TPSA) is 52.9 Å². The van der Waals surface area contributed by atoms with Gasteiger partial charge < -0.3 is 5.32 Å². The Morgan fingerprint density at radius 1 is 1.63 bits per heavy atom. The number of nitriles is 1. The van der Waals surface area contributed by atoms with Crippen molar-refractivity contribution < 1.29 is 4.79 Å². The van der Waals surface area contributed by atoms with Crippen LogP contribution in [-0.4, -0.2) is 17.4 Å². The van der Waals surface area contributed by atoms with Crippen LogP contribution < -0.4 is 5.32 Å². The van der Waals surface area contributed by atoms with Gasteiger partial charge in [-0.1, -0.05) is 26.8 Å². The summed E-state index contributed by atoms with van der Waals surface area (Å²) in [5.74, 6) is 1.04. The van der Waals surface area contributed by atoms with Crippen LogP contribution in [0.3, 0.4) is 0 Å². The molecule has 0 aliphatic carbocycles. The zero-order valence-electron chi connectivity index (χ0n) is 11.4. The van der Waals surface area contributed by atoms with Crippen LogP contribution in [0.4, 0.5) is 5.00 Å². The van der Waals surface area contributed by atoms with E-state index in [1.165, 1.54) is 23.1 Å². The van der Waals surface area contributed by atoms with Crippen molar-refractivity contribution in [3.8, 4) is 6.07 Å². The van der Waals surface area contributed by atoms with Gasteiger partial charge in [0.05, 0.1) is 11.3 Å². The summed E-state index contributed by atoms with van der Waals surface area (Å²) in [4.78, 5) is 11.7. The van der Waals surface area contributed by atoms with Crippen molar-refractivity contribution >= 4 is 34.0 Å². The molecule has 0 fully saturated rings. The van der Waals surface area contributed by atoms with E-state index in [2.05, 4.69) is 38.7 Å². The molecule has 0 saturated heterocycles. The van der Waals surface area contributed by atoms with E-state index in [0.717, 1.165) is 11.3 Å². The zero-order chi connectivity index (χ0) is 14.5. The monoisotopic (exact) mass is 294 g/mol. The van der Waals surface area contributed by atoms with Crippen molar-refractivity contribution in [3.05, 3.63) is 29.2 Å². The molecule has 0 spiro atoms. The molecule has 0 aliphatic rings. The fourth-order valence-electron chi connectivity index (χ4n) is 1.51. The normalized spacial score (nSPS) is 10.8. The molecule has 0 saturated carbocycles. The maximum absolute atomic E-state index is 11.7. The van der Waals surface area contributed by atoms with Gasteiger partial charge in [0.25, 0.3) is 0 Å². The summed E-state index contributed by atoms with van der Waals surface area (Å²) in [7, 11) is 0. The van der Waals surface area contributed by atoms with Crippen molar-refractivity contribution in [1.29, 1.82) is 5.26 Å². The first-order valence-electron chi connectivity index (χ1n) is 5.90. The molecule has 1 heterocycles. The predicted molar refractivity (Wildman–Crippen MR) is 83.9 cm³/mol. The second-order valence-electron chi connectivity index (χ2n) is 5.07. The highest BCUT2D eigenvalue weighted by atomic mass is 32.2. The minimum atomic E-state index is -0.0951. The molecule has 5 heteroatoms. The maximum atomic E-state index is 11.7. The molecule has 3 nitrogen and oxygen atoms in total. The minimum absolute atomic E-state index is 0.0781. The molecule has 0 atom stereocenters. The smallest absolute Gasteiger partial charge is 0.235 e. The quantitative estimate of drug-likeness (QED) is 0.664. The average Bonchev–Trinajstić information content (AvgIpc) is 2.72. The molecule has 0 radical (unpaired) electrons. The number of thioether (sulfide) groups is 1. The van der Waals surface area contributed by atoms with Crippen LogP contribution in [0.25, 0.3) is 0 Å². The Labute approximate surface area is 122 Å². The lowest BCUT2D eigenvalue weighted by molar-refractivity contribution is -0.113. The summed E-state index contributed by atoms with van der Waals surface area (Å²) >= 11 is 2.91. The summed E-state index contributed by atoms with van der Waals surface area (Å²) < 4.78 is 0. The van der Waals surface area contributed by atoms with Gasteiger partial charge in [-0.05, 0) is 16.4 Å². The Hall–Kier alpha value is -1.25. The largest absolute Gasteiger partial charge is 0.316 e. The van der Waals surface area contributed by atoms with Crippen molar-refractivity contribution in [2.75, 3.05) is 16.8 Å². The fraction of sp³-hybridized carbons (Fsp3) is 0.429. The number of rotatable bonds is 5. The molecule has 1 aromatic heterocycles. The van der Waals surface area contributed by atoms with Crippen LogP contribution in [0.5, 0.6) is 0 Å². The first kappa shape index (κ1) is 15.8. The summed E-state index contributed by atoms with van der Waals surface area (Å²) in [6.45, 7) is 9.78. The average molecular weight is 294 g/mol. The Kier molecular flexibility index (Phi) is 5.64. The third-order valence-electron chi connectivity index (χ3n) is 2.43. The van der Waals surface area contributed by atoms with Gasteiger partial charge in [-0.15, -0.1) is 29.7 Å². The lowest BCUT2D eigenvalue weighted by Gasteiger charge is -2.17. The van der Waals surface area contributed by atoms with Crippen molar-refractivity contribution in [3.63, 3.8) is 0 Å². The van der Waals surface area contributed by atoms with Gasteiger partial charge in [0.15, 0.2) is 0 Å². The van der Waals surface area contributed by atoms with Crippen LogP contribution >= 0.6 is 23.1 Å². The summed E-state index contributed by atoms with van der Waals surface area (Å²) in [6, 6.07) is 2.20. The number of amides is 1. The minimum Gasteiger partial charge on any atom is -0.316 e. The molecule has 1 aromatic rings. The highest BCUT2D eigenvalue weighted by Crippen LogP contribution is 2.35. The number of thiophene rings is 1. The Balaban J connectivity index is 2.80. The molecule has 0 aromatic carbocycles. The number of hydrogen-bond donors (Lipinski definition) is 1. The first-order chi connectivity index (χ1) is 8.90. The number of carbonyl (C=O) groups is 1. The van der Waals surface area contributed by atoms with Crippen LogP contribution in [0.1, 0.15) is 31.9 Å². The molecule has 0 unspecified atom stereocenters. The van der Waals surface area contributed by atoms with Gasteiger partial charge in [-0.2, -0.15) is 5.26 Å². The van der Waals surface area contributed by atoms with E-state index in [1.807, 2.05) is 5.38 Å². The fourth-order valence-corrected chi connectivity index (χ4v) is 3.21. The standard InChI is InChI=1S/C14H18N2OS2/c1-5-6-18-9-12(17)16-13-10(7-15)11(8-19-13)14(2,3)4/h5,8H,1,6,9H2,2-4H3,(H,16,17). The molecule has 1 N–H and O–H groups in total. The lowest BCUT2D eigenvalue weighted by atomic mass is 9.86. The molecule has 0 aliphatic heterocycles. The van der Waals surface area contributed by atoms with E-state index < -0.39 is 0 Å². The highest BCUT2D eigenvalue weighted by Gasteiger charge is 2.23. The lowest BCUT2D eigenvalue weighted by Crippen LogP contribution is -2.15. The Morgan fingerprint density at radius 3 is 2.84 bits per heavy atom. The van der Waals surface area contributed by atoms with Gasteiger partial charge in [-0.3, -0.25) is 4.79 Å². The van der Waals surface area contributed by atoms with Gasteiger partial charge in [0.2, 0.25) is 5.91 Å². The number of nitrogens with zero attached hydrogens (tertiary/aromatic N) is 1. The Bertz CT molecular complexity index is 506. The highest BCUT2D eigenvalue weighted by molar-refractivity contribution is 8.00. The van der Waals surface area contributed by atoms with Crippen LogP contribution in [-0.2, 0) is 10.2 Å². The zero-order valence-corrected chi connectivity index (χ0v) is 13.1. The number of nitrogens with one attached hydrogen (secondary N) is 1. The molecule has 1 amide bonds. The molecular formula is C14H18N2OS2. The predicted octanol–water partition coefficient (Wildman–Crippen LogP) is 3.77. The second-order valence-corrected chi connectivity index (χ2v) is 6.98. The maximum Gasteiger partial charge on any atom is 0.235 e. The van der Waals surface area contributed by atoms with Gasteiger partial charge >= 0.3 is 0 Å². The number of hydrogen-bond acceptors (Lipinski definition) is 4.